The average molecular weight is 419 g/mol. The van der Waals surface area contributed by atoms with Crippen molar-refractivity contribution in [2.75, 3.05) is 13.2 Å². The van der Waals surface area contributed by atoms with Gasteiger partial charge in [0.25, 0.3) is 0 Å². The van der Waals surface area contributed by atoms with Gasteiger partial charge in [0.2, 0.25) is 0 Å². The van der Waals surface area contributed by atoms with Crippen LogP contribution in [-0.2, 0) is 17.8 Å². The first-order chi connectivity index (χ1) is 15.4. The molecule has 4 heterocycles. The summed E-state index contributed by atoms with van der Waals surface area (Å²) in [7, 11) is 0. The fourth-order valence-corrected chi connectivity index (χ4v) is 4.03. The molecule has 4 aromatic rings. The van der Waals surface area contributed by atoms with Gasteiger partial charge in [-0.15, -0.1) is 5.10 Å². The lowest BCUT2D eigenvalue weighted by Gasteiger charge is -2.19. The number of hydrogen-bond acceptors (Lipinski definition) is 7. The maximum Gasteiger partial charge on any atom is 0.174 e. The number of imidazole rings is 1. The number of aryl methyl sites for hydroxylation is 1. The van der Waals surface area contributed by atoms with Crippen molar-refractivity contribution in [3.63, 3.8) is 0 Å². The molecule has 2 atom stereocenters. The smallest absolute Gasteiger partial charge is 0.174 e. The topological polar surface area (TPSA) is 95.6 Å². The molecule has 0 saturated carbocycles. The second-order valence-electron chi connectivity index (χ2n) is 7.82. The maximum atomic E-state index is 5.80. The van der Waals surface area contributed by atoms with E-state index in [2.05, 4.69) is 48.6 Å². The SMILES string of the molecule is c1ccc2nc(C(NCCCn3ccnc3)c3nnnn3C[C@H]3CCCO3)ccc2c1. The van der Waals surface area contributed by atoms with E-state index < -0.39 is 0 Å². The molecular formula is C22H26N8O. The van der Waals surface area contributed by atoms with E-state index in [1.807, 2.05) is 35.4 Å². The number of para-hydroxylation sites is 1. The van der Waals surface area contributed by atoms with Gasteiger partial charge in [-0.2, -0.15) is 0 Å². The molecule has 0 bridgehead atoms. The summed E-state index contributed by atoms with van der Waals surface area (Å²) in [5, 5.41) is 17.3. The van der Waals surface area contributed by atoms with Gasteiger partial charge in [-0.3, -0.25) is 4.98 Å². The summed E-state index contributed by atoms with van der Waals surface area (Å²) in [5.74, 6) is 0.765. The van der Waals surface area contributed by atoms with Crippen molar-refractivity contribution in [3.05, 3.63) is 66.6 Å². The van der Waals surface area contributed by atoms with E-state index in [0.717, 1.165) is 61.4 Å². The molecule has 0 aliphatic carbocycles. The van der Waals surface area contributed by atoms with Crippen LogP contribution in [0.1, 0.15) is 36.8 Å². The maximum absolute atomic E-state index is 5.80. The lowest BCUT2D eigenvalue weighted by atomic mass is 10.1. The third-order valence-electron chi connectivity index (χ3n) is 5.63. The predicted molar refractivity (Wildman–Crippen MR) is 115 cm³/mol. The van der Waals surface area contributed by atoms with Gasteiger partial charge in [0, 0.05) is 30.9 Å². The molecule has 160 valence electrons. The first-order valence-corrected chi connectivity index (χ1v) is 10.8. The van der Waals surface area contributed by atoms with E-state index >= 15 is 0 Å². The molecule has 9 nitrogen and oxygen atoms in total. The minimum Gasteiger partial charge on any atom is -0.376 e. The zero-order valence-corrected chi connectivity index (χ0v) is 17.3. The lowest BCUT2D eigenvalue weighted by molar-refractivity contribution is 0.0923. The van der Waals surface area contributed by atoms with Crippen LogP contribution in [0.3, 0.4) is 0 Å². The first kappa shape index (κ1) is 19.8. The molecule has 0 radical (unpaired) electrons. The molecular weight excluding hydrogens is 392 g/mol. The van der Waals surface area contributed by atoms with Crippen molar-refractivity contribution >= 4 is 10.9 Å². The Balaban J connectivity index is 1.38. The Morgan fingerprint density at radius 1 is 1.19 bits per heavy atom. The number of tetrazole rings is 1. The summed E-state index contributed by atoms with van der Waals surface area (Å²) < 4.78 is 9.74. The third-order valence-corrected chi connectivity index (χ3v) is 5.63. The highest BCUT2D eigenvalue weighted by Gasteiger charge is 2.25. The Morgan fingerprint density at radius 3 is 3.03 bits per heavy atom. The summed E-state index contributed by atoms with van der Waals surface area (Å²) in [6.07, 6.45) is 8.85. The van der Waals surface area contributed by atoms with Crippen molar-refractivity contribution in [2.24, 2.45) is 0 Å². The molecule has 1 aliphatic heterocycles. The molecule has 0 spiro atoms. The van der Waals surface area contributed by atoms with Crippen molar-refractivity contribution in [1.82, 2.24) is 40.1 Å². The molecule has 1 saturated heterocycles. The van der Waals surface area contributed by atoms with Gasteiger partial charge in [-0.05, 0) is 48.4 Å². The van der Waals surface area contributed by atoms with Crippen LogP contribution in [0.4, 0.5) is 0 Å². The van der Waals surface area contributed by atoms with Gasteiger partial charge < -0.3 is 14.6 Å². The number of nitrogens with one attached hydrogen (secondary N) is 1. The van der Waals surface area contributed by atoms with E-state index in [-0.39, 0.29) is 12.1 Å². The van der Waals surface area contributed by atoms with Gasteiger partial charge >= 0.3 is 0 Å². The standard InChI is InChI=1S/C22H26N8O/c1-2-7-19-17(5-1)8-9-20(25-19)21(24-10-4-12-29-13-11-23-16-29)22-26-27-28-30(22)15-18-6-3-14-31-18/h1-2,5,7-9,11,13,16,18,21,24H,3-4,6,10,12,14-15H2/t18-,21?/m1/s1. The molecule has 3 aromatic heterocycles. The van der Waals surface area contributed by atoms with Crippen LogP contribution in [0.15, 0.2) is 55.1 Å². The fraction of sp³-hybridized carbons (Fsp3) is 0.409. The highest BCUT2D eigenvalue weighted by Crippen LogP contribution is 2.23. The molecule has 5 rings (SSSR count). The summed E-state index contributed by atoms with van der Waals surface area (Å²) in [6.45, 7) is 3.16. The molecule has 1 aromatic carbocycles. The highest BCUT2D eigenvalue weighted by atomic mass is 16.5. The van der Waals surface area contributed by atoms with Crippen LogP contribution in [0.2, 0.25) is 0 Å². The molecule has 1 unspecified atom stereocenters. The quantitative estimate of drug-likeness (QED) is 0.417. The average Bonchev–Trinajstić information content (AvgIpc) is 3.58. The number of hydrogen-bond donors (Lipinski definition) is 1. The zero-order chi connectivity index (χ0) is 20.9. The van der Waals surface area contributed by atoms with E-state index in [9.17, 15) is 0 Å². The summed E-state index contributed by atoms with van der Waals surface area (Å²) in [5.41, 5.74) is 1.87. The van der Waals surface area contributed by atoms with E-state index in [0.29, 0.717) is 6.54 Å². The minimum absolute atomic E-state index is 0.161. The Labute approximate surface area is 180 Å². The number of benzene rings is 1. The fourth-order valence-electron chi connectivity index (χ4n) is 4.03. The minimum atomic E-state index is -0.205. The van der Waals surface area contributed by atoms with E-state index in [1.165, 1.54) is 0 Å². The van der Waals surface area contributed by atoms with Crippen molar-refractivity contribution < 1.29 is 4.74 Å². The molecule has 9 heteroatoms. The Kier molecular flexibility index (Phi) is 5.94. The molecule has 1 fully saturated rings. The van der Waals surface area contributed by atoms with Gasteiger partial charge in [-0.25, -0.2) is 9.67 Å². The van der Waals surface area contributed by atoms with Crippen LogP contribution in [0, 0.1) is 0 Å². The van der Waals surface area contributed by atoms with Gasteiger partial charge in [0.15, 0.2) is 5.82 Å². The van der Waals surface area contributed by atoms with E-state index in [4.69, 9.17) is 9.72 Å². The molecule has 31 heavy (non-hydrogen) atoms. The Hall–Kier alpha value is -3.17. The molecule has 1 N–H and O–H groups in total. The van der Waals surface area contributed by atoms with Crippen molar-refractivity contribution in [2.45, 2.75) is 44.5 Å². The molecule has 0 amide bonds. The summed E-state index contributed by atoms with van der Waals surface area (Å²) in [4.78, 5) is 9.02. The van der Waals surface area contributed by atoms with Gasteiger partial charge in [0.05, 0.1) is 30.2 Å². The normalized spacial score (nSPS) is 17.4. The second-order valence-corrected chi connectivity index (χ2v) is 7.82. The van der Waals surface area contributed by atoms with Crippen LogP contribution in [-0.4, -0.2) is 54.0 Å². The number of ether oxygens (including phenoxy) is 1. The van der Waals surface area contributed by atoms with Crippen molar-refractivity contribution in [1.29, 1.82) is 0 Å². The number of aromatic nitrogens is 7. The Bertz CT molecular complexity index is 1100. The van der Waals surface area contributed by atoms with Gasteiger partial charge in [-0.1, -0.05) is 24.3 Å². The first-order valence-electron chi connectivity index (χ1n) is 10.8. The van der Waals surface area contributed by atoms with Crippen LogP contribution in [0.5, 0.6) is 0 Å². The van der Waals surface area contributed by atoms with Crippen LogP contribution >= 0.6 is 0 Å². The number of fused-ring (bicyclic) bond motifs is 1. The predicted octanol–water partition coefficient (Wildman–Crippen LogP) is 2.37. The van der Waals surface area contributed by atoms with E-state index in [1.54, 1.807) is 6.20 Å². The number of pyridine rings is 1. The highest BCUT2D eigenvalue weighted by molar-refractivity contribution is 5.78. The van der Waals surface area contributed by atoms with Crippen LogP contribution in [0.25, 0.3) is 10.9 Å². The Morgan fingerprint density at radius 2 is 2.16 bits per heavy atom. The van der Waals surface area contributed by atoms with Crippen molar-refractivity contribution in [3.8, 4) is 0 Å². The largest absolute Gasteiger partial charge is 0.376 e. The zero-order valence-electron chi connectivity index (χ0n) is 17.3. The second kappa shape index (κ2) is 9.32. The number of rotatable bonds is 9. The summed E-state index contributed by atoms with van der Waals surface area (Å²) >= 11 is 0. The summed E-state index contributed by atoms with van der Waals surface area (Å²) in [6, 6.07) is 12.1. The lowest BCUT2D eigenvalue weighted by Crippen LogP contribution is -2.29. The third kappa shape index (κ3) is 4.62. The van der Waals surface area contributed by atoms with Crippen LogP contribution < -0.4 is 5.32 Å². The van der Waals surface area contributed by atoms with Gasteiger partial charge in [0.1, 0.15) is 6.04 Å². The molecule has 1 aliphatic rings. The number of nitrogens with zero attached hydrogens (tertiary/aromatic N) is 7. The monoisotopic (exact) mass is 418 g/mol.